The summed E-state index contributed by atoms with van der Waals surface area (Å²) in [4.78, 5) is 46.4. The first-order valence-electron chi connectivity index (χ1n) is 15.9. The molecule has 4 fully saturated rings. The lowest BCUT2D eigenvalue weighted by Gasteiger charge is -2.38. The number of anilines is 1. The van der Waals surface area contributed by atoms with Crippen LogP contribution in [0, 0.1) is 29.6 Å². The van der Waals surface area contributed by atoms with Crippen molar-refractivity contribution in [3.63, 3.8) is 0 Å². The molecule has 0 radical (unpaired) electrons. The summed E-state index contributed by atoms with van der Waals surface area (Å²) in [5.74, 6) is -0.522. The molecule has 8 nitrogen and oxygen atoms in total. The van der Waals surface area contributed by atoms with Crippen LogP contribution in [-0.4, -0.2) is 77.5 Å². The van der Waals surface area contributed by atoms with Crippen molar-refractivity contribution in [2.24, 2.45) is 29.6 Å². The third-order valence-electron chi connectivity index (χ3n) is 10.7. The van der Waals surface area contributed by atoms with Gasteiger partial charge in [0.15, 0.2) is 0 Å². The number of hydrogen-bond donors (Lipinski definition) is 2. The molecular weight excluding hydrogens is 552 g/mol. The second-order valence-electron chi connectivity index (χ2n) is 13.5. The lowest BCUT2D eigenvalue weighted by Crippen LogP contribution is -2.58. The van der Waals surface area contributed by atoms with Gasteiger partial charge in [-0.05, 0) is 74.7 Å². The Morgan fingerprint density at radius 1 is 1.10 bits per heavy atom. The van der Waals surface area contributed by atoms with Gasteiger partial charge in [0, 0.05) is 29.8 Å². The number of halogens is 1. The van der Waals surface area contributed by atoms with E-state index in [1.165, 1.54) is 19.3 Å². The van der Waals surface area contributed by atoms with Crippen LogP contribution in [0.25, 0.3) is 0 Å². The maximum absolute atomic E-state index is 14.3. The molecule has 1 saturated carbocycles. The molecule has 0 unspecified atom stereocenters. The zero-order valence-electron chi connectivity index (χ0n) is 25.1. The summed E-state index contributed by atoms with van der Waals surface area (Å²) in [6.07, 6.45) is 9.62. The number of rotatable bonds is 8. The maximum Gasteiger partial charge on any atom is 0.246 e. The highest BCUT2D eigenvalue weighted by Crippen LogP contribution is 2.55. The number of fused-ring (bicyclic) bond motifs is 1. The topological polar surface area (TPSA) is 91.0 Å². The number of carbonyl (C=O) groups excluding carboxylic acids is 3. The largest absolute Gasteiger partial charge is 0.359 e. The fraction of sp³-hybridized carbons (Fsp3) is 0.667. The van der Waals surface area contributed by atoms with Gasteiger partial charge in [-0.2, -0.15) is 0 Å². The van der Waals surface area contributed by atoms with Gasteiger partial charge in [0.05, 0.1) is 17.9 Å². The summed E-state index contributed by atoms with van der Waals surface area (Å²) in [5, 5.41) is 6.81. The van der Waals surface area contributed by atoms with Crippen molar-refractivity contribution in [1.29, 1.82) is 0 Å². The minimum absolute atomic E-state index is 0.0630. The molecule has 6 rings (SSSR count). The van der Waals surface area contributed by atoms with Crippen LogP contribution in [0.15, 0.2) is 36.4 Å². The van der Waals surface area contributed by atoms with Crippen molar-refractivity contribution in [3.05, 3.63) is 41.4 Å². The zero-order chi connectivity index (χ0) is 29.6. The van der Waals surface area contributed by atoms with E-state index in [9.17, 15) is 14.4 Å². The Labute approximate surface area is 254 Å². The van der Waals surface area contributed by atoms with Gasteiger partial charge in [-0.25, -0.2) is 0 Å². The molecular formula is C33H45ClN4O4. The van der Waals surface area contributed by atoms with E-state index in [0.717, 1.165) is 38.9 Å². The number of benzene rings is 1. The van der Waals surface area contributed by atoms with Crippen molar-refractivity contribution in [3.8, 4) is 0 Å². The minimum Gasteiger partial charge on any atom is -0.359 e. The Morgan fingerprint density at radius 3 is 2.71 bits per heavy atom. The van der Waals surface area contributed by atoms with Gasteiger partial charge < -0.3 is 25.2 Å². The molecule has 2 N–H and O–H groups in total. The fourth-order valence-electron chi connectivity index (χ4n) is 8.30. The number of likely N-dealkylation sites (tertiary alicyclic amines) is 2. The SMILES string of the molecule is C[C@@H]1CCCN(CCCN2C(=O)[C@@H]3[C@H](C(=O)Nc4cccc(Cl)c4)[C@@H]4C=C[C@@]3(O4)[C@@H]2C(=O)N[C@@H]2CCC[C@@H](C)[C@H]2C)C1. The Balaban J connectivity index is 1.24. The number of nitrogens with one attached hydrogen (secondary N) is 2. The molecule has 9 atom stereocenters. The highest BCUT2D eigenvalue weighted by molar-refractivity contribution is 6.30. The molecule has 1 aromatic rings. The average Bonchev–Trinajstić information content (AvgIpc) is 3.59. The maximum atomic E-state index is 14.3. The van der Waals surface area contributed by atoms with Crippen molar-refractivity contribution >= 4 is 35.0 Å². The second kappa shape index (κ2) is 11.9. The summed E-state index contributed by atoms with van der Waals surface area (Å²) in [7, 11) is 0. The summed E-state index contributed by atoms with van der Waals surface area (Å²) in [6.45, 7) is 10.2. The predicted molar refractivity (Wildman–Crippen MR) is 163 cm³/mol. The monoisotopic (exact) mass is 596 g/mol. The first-order chi connectivity index (χ1) is 20.2. The summed E-state index contributed by atoms with van der Waals surface area (Å²) < 4.78 is 6.53. The van der Waals surface area contributed by atoms with Crippen LogP contribution >= 0.6 is 11.6 Å². The Morgan fingerprint density at radius 2 is 1.93 bits per heavy atom. The van der Waals surface area contributed by atoms with E-state index < -0.39 is 29.6 Å². The third kappa shape index (κ3) is 5.39. The van der Waals surface area contributed by atoms with Crippen molar-refractivity contribution in [2.45, 2.75) is 83.1 Å². The molecule has 1 aliphatic carbocycles. The zero-order valence-corrected chi connectivity index (χ0v) is 25.8. The molecule has 5 aliphatic rings. The van der Waals surface area contributed by atoms with Gasteiger partial charge in [-0.15, -0.1) is 0 Å². The predicted octanol–water partition coefficient (Wildman–Crippen LogP) is 4.49. The number of amides is 3. The van der Waals surface area contributed by atoms with Crippen molar-refractivity contribution in [2.75, 3.05) is 31.5 Å². The first kappa shape index (κ1) is 29.6. The van der Waals surface area contributed by atoms with E-state index in [1.54, 1.807) is 29.2 Å². The Bertz CT molecular complexity index is 1240. The Kier molecular flexibility index (Phi) is 8.42. The molecule has 2 bridgehead atoms. The molecule has 1 spiro atoms. The minimum atomic E-state index is -1.15. The van der Waals surface area contributed by atoms with Crippen LogP contribution < -0.4 is 10.6 Å². The van der Waals surface area contributed by atoms with E-state index in [2.05, 4.69) is 36.3 Å². The van der Waals surface area contributed by atoms with Gasteiger partial charge in [-0.1, -0.05) is 63.4 Å². The lowest BCUT2D eigenvalue weighted by molar-refractivity contribution is -0.141. The quantitative estimate of drug-likeness (QED) is 0.432. The lowest BCUT2D eigenvalue weighted by atomic mass is 9.73. The van der Waals surface area contributed by atoms with Crippen LogP contribution in [0.4, 0.5) is 5.69 Å². The van der Waals surface area contributed by atoms with Gasteiger partial charge in [-0.3, -0.25) is 14.4 Å². The molecule has 0 aromatic heterocycles. The Hall–Kier alpha value is -2.42. The first-order valence-corrected chi connectivity index (χ1v) is 16.3. The molecule has 9 heteroatoms. The van der Waals surface area contributed by atoms with E-state index in [4.69, 9.17) is 16.3 Å². The number of ether oxygens (including phenoxy) is 1. The van der Waals surface area contributed by atoms with Gasteiger partial charge in [0.2, 0.25) is 17.7 Å². The number of hydrogen-bond acceptors (Lipinski definition) is 5. The molecule has 4 aliphatic heterocycles. The standard InChI is InChI=1S/C33H45ClN4O4/c1-20-8-6-15-37(19-20)16-7-17-38-29(31(40)36-25-12-4-9-21(2)22(25)3)33-14-13-26(42-33)27(28(33)32(38)41)30(39)35-24-11-5-10-23(34)18-24/h5,10-11,13-14,18,20-22,25-29H,4,6-9,12,15-17,19H2,1-3H3,(H,35,39)(H,36,40)/t20-,21-,22-,25-,26+,27-,28+,29+,33+/m1/s1. The van der Waals surface area contributed by atoms with E-state index in [0.29, 0.717) is 35.0 Å². The van der Waals surface area contributed by atoms with Crippen LogP contribution in [0.1, 0.15) is 59.3 Å². The fourth-order valence-corrected chi connectivity index (χ4v) is 8.49. The van der Waals surface area contributed by atoms with Gasteiger partial charge >= 0.3 is 0 Å². The highest BCUT2D eigenvalue weighted by atomic mass is 35.5. The average molecular weight is 597 g/mol. The normalized spacial score (nSPS) is 37.6. The molecule has 228 valence electrons. The number of piperidine rings is 1. The van der Waals surface area contributed by atoms with E-state index in [-0.39, 0.29) is 23.8 Å². The summed E-state index contributed by atoms with van der Waals surface area (Å²) in [5.41, 5.74) is -0.577. The highest BCUT2D eigenvalue weighted by Gasteiger charge is 2.72. The second-order valence-corrected chi connectivity index (χ2v) is 14.0. The smallest absolute Gasteiger partial charge is 0.246 e. The molecule has 3 amide bonds. The van der Waals surface area contributed by atoms with E-state index >= 15 is 0 Å². The summed E-state index contributed by atoms with van der Waals surface area (Å²) >= 11 is 6.15. The molecule has 4 heterocycles. The van der Waals surface area contributed by atoms with E-state index in [1.807, 2.05) is 12.2 Å². The van der Waals surface area contributed by atoms with Crippen LogP contribution in [-0.2, 0) is 19.1 Å². The van der Waals surface area contributed by atoms with Crippen LogP contribution in [0.2, 0.25) is 5.02 Å². The number of carbonyl (C=O) groups is 3. The van der Waals surface area contributed by atoms with Gasteiger partial charge in [0.25, 0.3) is 0 Å². The van der Waals surface area contributed by atoms with Crippen molar-refractivity contribution in [1.82, 2.24) is 15.1 Å². The van der Waals surface area contributed by atoms with Crippen LogP contribution in [0.5, 0.6) is 0 Å². The van der Waals surface area contributed by atoms with Crippen LogP contribution in [0.3, 0.4) is 0 Å². The van der Waals surface area contributed by atoms with Gasteiger partial charge in [0.1, 0.15) is 11.6 Å². The van der Waals surface area contributed by atoms with Crippen molar-refractivity contribution < 1.29 is 19.1 Å². The molecule has 1 aromatic carbocycles. The third-order valence-corrected chi connectivity index (χ3v) is 10.9. The molecule has 42 heavy (non-hydrogen) atoms. The molecule has 3 saturated heterocycles. The number of nitrogens with zero attached hydrogens (tertiary/aromatic N) is 2. The summed E-state index contributed by atoms with van der Waals surface area (Å²) in [6, 6.07) is 6.24.